The number of halogens is 2. The van der Waals surface area contributed by atoms with E-state index in [-0.39, 0.29) is 64.2 Å². The molecule has 0 radical (unpaired) electrons. The molecule has 3 saturated carbocycles. The van der Waals surface area contributed by atoms with Gasteiger partial charge < -0.3 is 19.3 Å². The van der Waals surface area contributed by atoms with Crippen LogP contribution >= 0.6 is 11.9 Å². The molecule has 5 heterocycles. The minimum Gasteiger partial charge on any atom is -0.453 e. The molecule has 6 aliphatic rings. The Hall–Kier alpha value is -5.73. The number of urea groups is 1. The van der Waals surface area contributed by atoms with E-state index in [1.807, 2.05) is 6.07 Å². The van der Waals surface area contributed by atoms with E-state index in [0.29, 0.717) is 44.8 Å². The van der Waals surface area contributed by atoms with Crippen molar-refractivity contribution in [3.05, 3.63) is 76.3 Å². The molecule has 0 bridgehead atoms. The number of piperidine rings is 1. The summed E-state index contributed by atoms with van der Waals surface area (Å²) in [5.74, 6) is -0.889. The summed E-state index contributed by atoms with van der Waals surface area (Å²) in [4.78, 5) is 48.9. The van der Waals surface area contributed by atoms with Gasteiger partial charge in [-0.05, 0) is 124 Å². The second-order valence-electron chi connectivity index (χ2n) is 18.8. The molecule has 11 rings (SSSR count). The van der Waals surface area contributed by atoms with Crippen LogP contribution in [0.1, 0.15) is 82.2 Å². The van der Waals surface area contributed by atoms with Crippen molar-refractivity contribution in [2.75, 3.05) is 47.2 Å². The van der Waals surface area contributed by atoms with Gasteiger partial charge in [0.25, 0.3) is 5.56 Å². The van der Waals surface area contributed by atoms with Crippen molar-refractivity contribution in [1.82, 2.24) is 29.5 Å². The highest BCUT2D eigenvalue weighted by molar-refractivity contribution is 8.01. The fraction of sp³-hybridized carbons (Fsp3) is 0.478. The van der Waals surface area contributed by atoms with Crippen LogP contribution in [0.3, 0.4) is 0 Å². The number of amides is 3. The predicted octanol–water partition coefficient (Wildman–Crippen LogP) is 7.76. The number of imide groups is 1. The molecular weight excluding hydrogens is 827 g/mol. The molecule has 3 aliphatic heterocycles. The van der Waals surface area contributed by atoms with E-state index in [4.69, 9.17) is 4.74 Å². The quantitative estimate of drug-likeness (QED) is 0.140. The summed E-state index contributed by atoms with van der Waals surface area (Å²) in [7, 11) is 1.78. The van der Waals surface area contributed by atoms with Crippen LogP contribution in [-0.2, 0) is 11.8 Å². The van der Waals surface area contributed by atoms with Crippen LogP contribution in [0.2, 0.25) is 0 Å². The van der Waals surface area contributed by atoms with Crippen molar-refractivity contribution in [1.29, 1.82) is 5.26 Å². The summed E-state index contributed by atoms with van der Waals surface area (Å²) in [5.41, 5.74) is 2.62. The molecule has 17 heteroatoms. The summed E-state index contributed by atoms with van der Waals surface area (Å²) in [6.07, 6.45) is 12.6. The van der Waals surface area contributed by atoms with Crippen molar-refractivity contribution in [3.63, 3.8) is 0 Å². The van der Waals surface area contributed by atoms with Gasteiger partial charge in [-0.3, -0.25) is 29.1 Å². The lowest BCUT2D eigenvalue weighted by Crippen LogP contribution is -2.67. The summed E-state index contributed by atoms with van der Waals surface area (Å²) in [6, 6.07) is 13.2. The van der Waals surface area contributed by atoms with Crippen LogP contribution in [0.15, 0.2) is 53.6 Å². The van der Waals surface area contributed by atoms with E-state index < -0.39 is 11.8 Å². The maximum Gasteiger partial charge on any atom is 0.329 e. The first-order chi connectivity index (χ1) is 30.5. The SMILES string of the molecule is Cn1nc(N2CCC(=O)NC2=O)c2cc(F)c(N3CC4(CC(N5CCC6(CC5)CC(n5cnc7ccc(Oc8c(F)ccc(NSC9CCCC9)c8C#N)cc7c5=O)C6)C4)C3)cc21. The van der Waals surface area contributed by atoms with Gasteiger partial charge in [0.1, 0.15) is 23.2 Å². The van der Waals surface area contributed by atoms with Gasteiger partial charge in [0.05, 0.1) is 34.1 Å². The lowest BCUT2D eigenvalue weighted by Gasteiger charge is -2.63. The maximum atomic E-state index is 15.7. The molecule has 63 heavy (non-hydrogen) atoms. The number of benzene rings is 3. The Morgan fingerprint density at radius 3 is 2.43 bits per heavy atom. The minimum absolute atomic E-state index is 0.0497. The molecule has 2 N–H and O–H groups in total. The molecule has 6 fully saturated rings. The average Bonchev–Trinajstić information content (AvgIpc) is 3.87. The average molecular weight is 875 g/mol. The monoisotopic (exact) mass is 874 g/mol. The number of fused-ring (bicyclic) bond motifs is 2. The number of carbonyl (C=O) groups is 2. The van der Waals surface area contributed by atoms with Gasteiger partial charge in [-0.1, -0.05) is 12.8 Å². The Morgan fingerprint density at radius 2 is 1.68 bits per heavy atom. The van der Waals surface area contributed by atoms with E-state index in [9.17, 15) is 19.6 Å². The minimum atomic E-state index is -0.653. The van der Waals surface area contributed by atoms with E-state index in [2.05, 4.69) is 36.0 Å². The maximum absolute atomic E-state index is 15.7. The molecule has 3 amide bonds. The fourth-order valence-corrected chi connectivity index (χ4v) is 12.3. The Bertz CT molecular complexity index is 2790. The molecule has 0 atom stereocenters. The smallest absolute Gasteiger partial charge is 0.329 e. The number of likely N-dealkylation sites (tertiary alicyclic amines) is 1. The van der Waals surface area contributed by atoms with Gasteiger partial charge in [0.2, 0.25) is 5.91 Å². The third kappa shape index (κ3) is 6.96. The summed E-state index contributed by atoms with van der Waals surface area (Å²) >= 11 is 1.56. The zero-order valence-corrected chi connectivity index (χ0v) is 35.9. The molecule has 0 unspecified atom stereocenters. The first kappa shape index (κ1) is 40.1. The largest absolute Gasteiger partial charge is 0.453 e. The standard InChI is InChI=1S/C46H48F2N10O4S/c1-54-38-18-39(35(48)17-32(38)42(52-54)57-13-10-40(59)51-44(57)61)56-24-46(25-56)19-27(20-46)55-14-11-45(12-15-55)21-28(22-45)58-26-50-36-8-6-29(16-31(36)43(58)60)62-41-33(23-49)37(9-7-34(41)47)53-63-30-4-2-3-5-30/h6-9,16-18,26-28,30,53H,2-5,10-15,19-22,24-25H2,1H3,(H,51,59,61). The molecular formula is C46H48F2N10O4S. The number of aryl methyl sites for hydroxylation is 1. The molecule has 2 aromatic heterocycles. The van der Waals surface area contributed by atoms with Crippen molar-refractivity contribution < 1.29 is 23.1 Å². The summed E-state index contributed by atoms with van der Waals surface area (Å²) < 4.78 is 43.5. The number of anilines is 3. The molecule has 5 aromatic rings. The van der Waals surface area contributed by atoms with Gasteiger partial charge >= 0.3 is 6.03 Å². The third-order valence-corrected chi connectivity index (χ3v) is 16.0. The second-order valence-corrected chi connectivity index (χ2v) is 19.9. The molecule has 3 saturated heterocycles. The zero-order chi connectivity index (χ0) is 43.2. The van der Waals surface area contributed by atoms with Crippen LogP contribution < -0.4 is 30.1 Å². The van der Waals surface area contributed by atoms with Crippen molar-refractivity contribution in [2.24, 2.45) is 17.9 Å². The molecule has 3 aromatic carbocycles. The molecule has 14 nitrogen and oxygen atoms in total. The summed E-state index contributed by atoms with van der Waals surface area (Å²) in [5, 5.41) is 18.2. The van der Waals surface area contributed by atoms with Gasteiger partial charge in [-0.15, -0.1) is 0 Å². The Balaban J connectivity index is 0.692. The molecule has 3 aliphatic carbocycles. The number of hydrogen-bond donors (Lipinski definition) is 2. The fourth-order valence-electron chi connectivity index (χ4n) is 11.3. The predicted molar refractivity (Wildman–Crippen MR) is 236 cm³/mol. The van der Waals surface area contributed by atoms with Crippen molar-refractivity contribution in [2.45, 2.75) is 88.0 Å². The van der Waals surface area contributed by atoms with E-state index in [1.54, 1.807) is 58.8 Å². The second kappa shape index (κ2) is 15.2. The van der Waals surface area contributed by atoms with Crippen LogP contribution in [-0.4, -0.2) is 80.2 Å². The highest BCUT2D eigenvalue weighted by atomic mass is 32.2. The van der Waals surface area contributed by atoms with Gasteiger partial charge in [-0.25, -0.2) is 18.6 Å². The number of ether oxygens (including phenoxy) is 1. The molecule has 326 valence electrons. The summed E-state index contributed by atoms with van der Waals surface area (Å²) in [6.45, 7) is 3.85. The van der Waals surface area contributed by atoms with Crippen LogP contribution in [0, 0.1) is 33.8 Å². The Morgan fingerprint density at radius 1 is 0.921 bits per heavy atom. The number of rotatable bonds is 9. The Labute approximate surface area is 366 Å². The number of hydrogen-bond acceptors (Lipinski definition) is 11. The lowest BCUT2D eigenvalue weighted by molar-refractivity contribution is -0.120. The Kier molecular flexibility index (Phi) is 9.68. The number of aromatic nitrogens is 4. The number of nitrogens with one attached hydrogen (secondary N) is 2. The first-order valence-corrected chi connectivity index (χ1v) is 23.0. The van der Waals surface area contributed by atoms with Crippen molar-refractivity contribution >= 4 is 62.9 Å². The van der Waals surface area contributed by atoms with Gasteiger partial charge in [-0.2, -0.15) is 10.4 Å². The third-order valence-electron chi connectivity index (χ3n) is 14.9. The van der Waals surface area contributed by atoms with E-state index in [1.165, 1.54) is 29.9 Å². The topological polar surface area (TPSA) is 154 Å². The normalized spacial score (nSPS) is 21.4. The first-order valence-electron chi connectivity index (χ1n) is 22.1. The van der Waals surface area contributed by atoms with Gasteiger partial charge in [0, 0.05) is 61.2 Å². The van der Waals surface area contributed by atoms with Gasteiger partial charge in [0.15, 0.2) is 17.4 Å². The zero-order valence-electron chi connectivity index (χ0n) is 35.0. The lowest BCUT2D eigenvalue weighted by atomic mass is 9.57. The number of nitrogens with zero attached hydrogens (tertiary/aromatic N) is 8. The van der Waals surface area contributed by atoms with Crippen molar-refractivity contribution in [3.8, 4) is 17.6 Å². The molecule has 2 spiro atoms. The van der Waals surface area contributed by atoms with Crippen LogP contribution in [0.4, 0.5) is 30.8 Å². The van der Waals surface area contributed by atoms with Crippen LogP contribution in [0.5, 0.6) is 11.5 Å². The van der Waals surface area contributed by atoms with E-state index in [0.717, 1.165) is 83.1 Å². The number of carbonyl (C=O) groups excluding carboxylic acids is 2. The van der Waals surface area contributed by atoms with Crippen LogP contribution in [0.25, 0.3) is 21.8 Å². The number of nitriles is 1. The highest BCUT2D eigenvalue weighted by Crippen LogP contribution is 2.57. The van der Waals surface area contributed by atoms with E-state index >= 15 is 8.78 Å². The highest BCUT2D eigenvalue weighted by Gasteiger charge is 2.56.